The summed E-state index contributed by atoms with van der Waals surface area (Å²) in [6, 6.07) is 38.2. The molecule has 0 spiro atoms. The van der Waals surface area contributed by atoms with Crippen LogP contribution >= 0.6 is 0 Å². The molecule has 6 nitrogen and oxygen atoms in total. The van der Waals surface area contributed by atoms with Gasteiger partial charge in [0.2, 0.25) is 15.0 Å². The zero-order valence-corrected chi connectivity index (χ0v) is 29.1. The molecule has 0 aliphatic heterocycles. The highest BCUT2D eigenvalue weighted by Gasteiger charge is 2.44. The van der Waals surface area contributed by atoms with Crippen molar-refractivity contribution in [3.63, 3.8) is 0 Å². The summed E-state index contributed by atoms with van der Waals surface area (Å²) >= 11 is 0. The summed E-state index contributed by atoms with van der Waals surface area (Å²) in [7, 11) is -3.78. The third kappa shape index (κ3) is 5.67. The van der Waals surface area contributed by atoms with Crippen molar-refractivity contribution in [3.8, 4) is 28.1 Å². The number of sulfone groups is 1. The first-order valence-corrected chi connectivity index (χ1v) is 18.8. The lowest BCUT2D eigenvalue weighted by Crippen LogP contribution is -2.43. The minimum Gasteiger partial charge on any atom is -0.283 e. The average Bonchev–Trinajstić information content (AvgIpc) is 3.80. The van der Waals surface area contributed by atoms with E-state index in [1.807, 2.05) is 59.4 Å². The molecule has 0 saturated heterocycles. The van der Waals surface area contributed by atoms with Gasteiger partial charge >= 0.3 is 0 Å². The second-order valence-corrected chi connectivity index (χ2v) is 15.0. The second kappa shape index (κ2) is 13.3. The van der Waals surface area contributed by atoms with Crippen LogP contribution in [0.5, 0.6) is 0 Å². The van der Waals surface area contributed by atoms with E-state index in [2.05, 4.69) is 53.6 Å². The number of rotatable bonds is 9. The quantitative estimate of drug-likeness (QED) is 0.150. The van der Waals surface area contributed by atoms with Crippen LogP contribution < -0.4 is 0 Å². The van der Waals surface area contributed by atoms with E-state index in [-0.39, 0.29) is 22.6 Å². The van der Waals surface area contributed by atoms with Crippen molar-refractivity contribution in [1.29, 1.82) is 0 Å². The van der Waals surface area contributed by atoms with E-state index in [9.17, 15) is 17.2 Å². The summed E-state index contributed by atoms with van der Waals surface area (Å²) in [5.41, 5.74) is 5.61. The number of nitrogens with zero attached hydrogens (tertiary/aromatic N) is 4. The number of hydrogen-bond donors (Lipinski definition) is 0. The summed E-state index contributed by atoms with van der Waals surface area (Å²) < 4.78 is 58.7. The molecule has 0 saturated carbocycles. The monoisotopic (exact) mass is 708 g/mol. The maximum absolute atomic E-state index is 14.3. The summed E-state index contributed by atoms with van der Waals surface area (Å²) in [5.74, 6) is -0.979. The molecular formula is C43H34F2N4O2S. The molecular weight excluding hydrogens is 675 g/mol. The Labute approximate surface area is 301 Å². The molecule has 9 heteroatoms. The minimum atomic E-state index is -3.78. The topological polar surface area (TPSA) is 69.8 Å². The summed E-state index contributed by atoms with van der Waals surface area (Å²) in [4.78, 5) is 4.57. The van der Waals surface area contributed by atoms with Crippen molar-refractivity contribution >= 4 is 20.9 Å². The van der Waals surface area contributed by atoms with Crippen LogP contribution in [0.2, 0.25) is 0 Å². The van der Waals surface area contributed by atoms with Gasteiger partial charge in [-0.3, -0.25) is 9.25 Å². The lowest BCUT2D eigenvalue weighted by molar-refractivity contribution is 0.293. The smallest absolute Gasteiger partial charge is 0.233 e. The largest absolute Gasteiger partial charge is 0.283 e. The van der Waals surface area contributed by atoms with Gasteiger partial charge < -0.3 is 0 Å². The zero-order valence-electron chi connectivity index (χ0n) is 28.3. The Morgan fingerprint density at radius 3 is 1.98 bits per heavy atom. The minimum absolute atomic E-state index is 0.0275. The Hall–Kier alpha value is -5.93. The molecule has 0 amide bonds. The van der Waals surface area contributed by atoms with Crippen molar-refractivity contribution in [2.45, 2.75) is 24.0 Å². The third-order valence-corrected chi connectivity index (χ3v) is 11.4. The highest BCUT2D eigenvalue weighted by Crippen LogP contribution is 2.46. The van der Waals surface area contributed by atoms with Crippen molar-refractivity contribution in [2.75, 3.05) is 5.75 Å². The molecule has 0 bridgehead atoms. The van der Waals surface area contributed by atoms with E-state index in [0.29, 0.717) is 28.0 Å². The van der Waals surface area contributed by atoms with Crippen LogP contribution in [0.4, 0.5) is 8.78 Å². The molecule has 1 aliphatic carbocycles. The van der Waals surface area contributed by atoms with E-state index in [1.54, 1.807) is 41.8 Å². The van der Waals surface area contributed by atoms with Gasteiger partial charge in [-0.25, -0.2) is 22.2 Å². The molecule has 1 unspecified atom stereocenters. The van der Waals surface area contributed by atoms with Crippen LogP contribution in [0.15, 0.2) is 163 Å². The number of hydrogen-bond acceptors (Lipinski definition) is 4. The van der Waals surface area contributed by atoms with E-state index in [1.165, 1.54) is 24.3 Å². The van der Waals surface area contributed by atoms with Gasteiger partial charge in [0, 0.05) is 28.9 Å². The standard InChI is InChI=1S/C43H34F2N4O2S/c1-2-52(50,51)42-46-39-27-20-31(28-40(39)49(42)37-25-23-36(45)24-26-37)38-29-48(47-41(38)30-18-21-35(44)22-19-30)43(32-12-6-3-7-13-32,33-14-8-4-9-15-33)34-16-10-5-11-17-34/h3-16,18-29,34H,2,17H2,1H3. The maximum Gasteiger partial charge on any atom is 0.233 e. The fraction of sp³-hybridized carbons (Fsp3) is 0.116. The van der Waals surface area contributed by atoms with Gasteiger partial charge in [0.15, 0.2) is 0 Å². The second-order valence-electron chi connectivity index (χ2n) is 12.8. The first-order chi connectivity index (χ1) is 25.3. The Kier molecular flexibility index (Phi) is 8.51. The number of halogens is 2. The predicted molar refractivity (Wildman–Crippen MR) is 201 cm³/mol. The van der Waals surface area contributed by atoms with E-state index in [4.69, 9.17) is 5.10 Å². The summed E-state index contributed by atoms with van der Waals surface area (Å²) in [6.07, 6.45) is 11.3. The maximum atomic E-state index is 14.3. The fourth-order valence-corrected chi connectivity index (χ4v) is 8.27. The molecule has 8 rings (SSSR count). The molecule has 2 aromatic heterocycles. The SMILES string of the molecule is CCS(=O)(=O)c1nc2ccc(-c3cn(C(c4ccccc4)(c4ccccc4)C4C=CC=CC4)nc3-c3ccc(F)cc3)cc2n1-c1ccc(F)cc1. The lowest BCUT2D eigenvalue weighted by atomic mass is 9.70. The lowest BCUT2D eigenvalue weighted by Gasteiger charge is -2.41. The zero-order chi connectivity index (χ0) is 35.9. The van der Waals surface area contributed by atoms with E-state index < -0.39 is 21.2 Å². The molecule has 1 atom stereocenters. The molecule has 2 heterocycles. The highest BCUT2D eigenvalue weighted by atomic mass is 32.2. The van der Waals surface area contributed by atoms with Gasteiger partial charge in [-0.2, -0.15) is 5.10 Å². The average molecular weight is 709 g/mol. The summed E-state index contributed by atoms with van der Waals surface area (Å²) in [5, 5.41) is 5.27. The van der Waals surface area contributed by atoms with Crippen LogP contribution in [-0.2, 0) is 15.4 Å². The molecule has 0 N–H and O–H groups in total. The molecule has 1 aliphatic rings. The van der Waals surface area contributed by atoms with Gasteiger partial charge in [-0.15, -0.1) is 0 Å². The molecule has 7 aromatic rings. The molecule has 0 fully saturated rings. The Balaban J connectivity index is 1.43. The molecule has 258 valence electrons. The molecule has 5 aromatic carbocycles. The Bertz CT molecular complexity index is 2520. The van der Waals surface area contributed by atoms with Crippen LogP contribution in [0.3, 0.4) is 0 Å². The number of aromatic nitrogens is 4. The van der Waals surface area contributed by atoms with Gasteiger partial charge in [-0.1, -0.05) is 98.0 Å². The van der Waals surface area contributed by atoms with Crippen molar-refractivity contribution < 1.29 is 17.2 Å². The predicted octanol–water partition coefficient (Wildman–Crippen LogP) is 9.55. The summed E-state index contributed by atoms with van der Waals surface area (Å²) in [6.45, 7) is 1.57. The first kappa shape index (κ1) is 33.2. The number of allylic oxidation sites excluding steroid dienone is 4. The van der Waals surface area contributed by atoms with E-state index >= 15 is 0 Å². The third-order valence-electron chi connectivity index (χ3n) is 9.82. The van der Waals surface area contributed by atoms with Crippen molar-refractivity contribution in [2.24, 2.45) is 5.92 Å². The van der Waals surface area contributed by atoms with Gasteiger partial charge in [0.05, 0.1) is 16.8 Å². The number of fused-ring (bicyclic) bond motifs is 1. The van der Waals surface area contributed by atoms with Crippen LogP contribution in [0.1, 0.15) is 24.5 Å². The normalized spacial score (nSPS) is 14.6. The molecule has 0 radical (unpaired) electrons. The first-order valence-electron chi connectivity index (χ1n) is 17.1. The highest BCUT2D eigenvalue weighted by molar-refractivity contribution is 7.91. The van der Waals surface area contributed by atoms with E-state index in [0.717, 1.165) is 28.7 Å². The van der Waals surface area contributed by atoms with Gasteiger partial charge in [0.1, 0.15) is 22.9 Å². The van der Waals surface area contributed by atoms with Crippen LogP contribution in [-0.4, -0.2) is 33.5 Å². The molecule has 52 heavy (non-hydrogen) atoms. The Morgan fingerprint density at radius 1 is 0.769 bits per heavy atom. The van der Waals surface area contributed by atoms with Gasteiger partial charge in [0.25, 0.3) is 0 Å². The number of imidazole rings is 1. The van der Waals surface area contributed by atoms with Crippen LogP contribution in [0, 0.1) is 17.6 Å². The number of benzene rings is 5. The van der Waals surface area contributed by atoms with Gasteiger partial charge in [-0.05, 0) is 83.8 Å². The fourth-order valence-electron chi connectivity index (χ4n) is 7.29. The Morgan fingerprint density at radius 2 is 1.38 bits per heavy atom. The van der Waals surface area contributed by atoms with Crippen molar-refractivity contribution in [3.05, 3.63) is 181 Å². The van der Waals surface area contributed by atoms with Crippen LogP contribution in [0.25, 0.3) is 39.1 Å². The van der Waals surface area contributed by atoms with Crippen molar-refractivity contribution in [1.82, 2.24) is 19.3 Å².